The van der Waals surface area contributed by atoms with Gasteiger partial charge in [0.2, 0.25) is 5.90 Å². The van der Waals surface area contributed by atoms with Crippen LogP contribution in [-0.4, -0.2) is 23.4 Å². The molecule has 4 aromatic carbocycles. The monoisotopic (exact) mass is 572 g/mol. The first-order chi connectivity index (χ1) is 18.4. The van der Waals surface area contributed by atoms with Crippen LogP contribution >= 0.6 is 15.9 Å². The van der Waals surface area contributed by atoms with Crippen LogP contribution < -0.4 is 9.47 Å². The number of fused-ring (bicyclic) bond motifs is 1. The Bertz CT molecular complexity index is 1630. The second-order valence-corrected chi connectivity index (χ2v) is 9.23. The molecule has 0 aliphatic carbocycles. The normalized spacial score (nSPS) is 13.9. The number of carbonyl (C=O) groups is 1. The Balaban J connectivity index is 1.41. The predicted molar refractivity (Wildman–Crippen MR) is 147 cm³/mol. The van der Waals surface area contributed by atoms with Crippen LogP contribution in [-0.2, 0) is 16.1 Å². The fourth-order valence-corrected chi connectivity index (χ4v) is 4.58. The lowest BCUT2D eigenvalue weighted by Gasteiger charge is -2.15. The lowest BCUT2D eigenvalue weighted by molar-refractivity contribution is -0.384. The fourth-order valence-electron chi connectivity index (χ4n) is 4.00. The van der Waals surface area contributed by atoms with Crippen molar-refractivity contribution in [3.05, 3.63) is 116 Å². The van der Waals surface area contributed by atoms with Crippen LogP contribution in [0.4, 0.5) is 5.69 Å². The molecule has 0 amide bonds. The average Bonchev–Trinajstić information content (AvgIpc) is 3.28. The SMILES string of the molecule is CCOc1cc(/C=C2\N=C(c3ccc4ccccc4c3)OC2=O)cc(Br)c1OCc1cccc([N+](=O)[O-])c1. The van der Waals surface area contributed by atoms with Crippen molar-refractivity contribution >= 4 is 50.3 Å². The van der Waals surface area contributed by atoms with Gasteiger partial charge in [-0.3, -0.25) is 10.1 Å². The van der Waals surface area contributed by atoms with Gasteiger partial charge in [0, 0.05) is 17.7 Å². The minimum absolute atomic E-state index is 0.00997. The maximum atomic E-state index is 12.6. The molecular formula is C29H21BrN2O6. The molecule has 5 rings (SSSR count). The summed E-state index contributed by atoms with van der Waals surface area (Å²) >= 11 is 3.52. The third-order valence-electron chi connectivity index (χ3n) is 5.76. The number of esters is 1. The van der Waals surface area contributed by atoms with Gasteiger partial charge >= 0.3 is 5.97 Å². The van der Waals surface area contributed by atoms with Crippen molar-refractivity contribution < 1.29 is 23.9 Å². The molecule has 4 aromatic rings. The maximum absolute atomic E-state index is 12.6. The van der Waals surface area contributed by atoms with Crippen molar-refractivity contribution in [3.8, 4) is 11.5 Å². The number of hydrogen-bond acceptors (Lipinski definition) is 7. The van der Waals surface area contributed by atoms with E-state index in [0.29, 0.717) is 39.3 Å². The molecule has 1 heterocycles. The maximum Gasteiger partial charge on any atom is 0.363 e. The topological polar surface area (TPSA) is 100 Å². The summed E-state index contributed by atoms with van der Waals surface area (Å²) in [5.41, 5.74) is 2.15. The van der Waals surface area contributed by atoms with E-state index >= 15 is 0 Å². The lowest BCUT2D eigenvalue weighted by atomic mass is 10.1. The van der Waals surface area contributed by atoms with Crippen LogP contribution in [0.3, 0.4) is 0 Å². The third kappa shape index (κ3) is 5.42. The second-order valence-electron chi connectivity index (χ2n) is 8.38. The van der Waals surface area contributed by atoms with Gasteiger partial charge in [0.1, 0.15) is 6.61 Å². The zero-order valence-electron chi connectivity index (χ0n) is 20.2. The van der Waals surface area contributed by atoms with Gasteiger partial charge in [0.15, 0.2) is 17.2 Å². The number of hydrogen-bond donors (Lipinski definition) is 0. The summed E-state index contributed by atoms with van der Waals surface area (Å²) in [4.78, 5) is 27.7. The molecule has 38 heavy (non-hydrogen) atoms. The molecule has 0 aromatic heterocycles. The Kier molecular flexibility index (Phi) is 7.19. The van der Waals surface area contributed by atoms with Crippen LogP contribution in [0, 0.1) is 10.1 Å². The molecule has 1 aliphatic rings. The van der Waals surface area contributed by atoms with Crippen LogP contribution in [0.2, 0.25) is 0 Å². The molecule has 0 bridgehead atoms. The molecule has 0 radical (unpaired) electrons. The zero-order valence-corrected chi connectivity index (χ0v) is 21.8. The number of cyclic esters (lactones) is 1. The average molecular weight is 573 g/mol. The van der Waals surface area contributed by atoms with Gasteiger partial charge in [-0.25, -0.2) is 9.79 Å². The van der Waals surface area contributed by atoms with E-state index in [4.69, 9.17) is 14.2 Å². The lowest BCUT2D eigenvalue weighted by Crippen LogP contribution is -2.05. The Morgan fingerprint density at radius 2 is 1.82 bits per heavy atom. The van der Waals surface area contributed by atoms with Crippen molar-refractivity contribution in [3.63, 3.8) is 0 Å². The number of ether oxygens (including phenoxy) is 3. The molecule has 0 spiro atoms. The van der Waals surface area contributed by atoms with Gasteiger partial charge < -0.3 is 14.2 Å². The van der Waals surface area contributed by atoms with E-state index < -0.39 is 10.9 Å². The first-order valence-electron chi connectivity index (χ1n) is 11.8. The number of rotatable bonds is 8. The van der Waals surface area contributed by atoms with Crippen molar-refractivity contribution in [1.29, 1.82) is 0 Å². The van der Waals surface area contributed by atoms with E-state index in [9.17, 15) is 14.9 Å². The van der Waals surface area contributed by atoms with Crippen molar-refractivity contribution in [2.24, 2.45) is 4.99 Å². The van der Waals surface area contributed by atoms with E-state index in [0.717, 1.165) is 10.8 Å². The van der Waals surface area contributed by atoms with Gasteiger partial charge in [-0.05, 0) is 75.1 Å². The predicted octanol–water partition coefficient (Wildman–Crippen LogP) is 6.83. The number of nitrogens with zero attached hydrogens (tertiary/aromatic N) is 2. The highest BCUT2D eigenvalue weighted by molar-refractivity contribution is 9.10. The largest absolute Gasteiger partial charge is 0.490 e. The van der Waals surface area contributed by atoms with Gasteiger partial charge in [-0.1, -0.05) is 42.5 Å². The van der Waals surface area contributed by atoms with Crippen LogP contribution in [0.5, 0.6) is 11.5 Å². The molecule has 0 saturated carbocycles. The zero-order chi connectivity index (χ0) is 26.6. The van der Waals surface area contributed by atoms with Crippen LogP contribution in [0.1, 0.15) is 23.6 Å². The first-order valence-corrected chi connectivity index (χ1v) is 12.5. The molecule has 190 valence electrons. The molecule has 9 heteroatoms. The quantitative estimate of drug-likeness (QED) is 0.0992. The molecular weight excluding hydrogens is 552 g/mol. The Labute approximate surface area is 226 Å². The number of nitro benzene ring substituents is 1. The summed E-state index contributed by atoms with van der Waals surface area (Å²) in [5, 5.41) is 13.2. The highest BCUT2D eigenvalue weighted by Crippen LogP contribution is 2.38. The van der Waals surface area contributed by atoms with Crippen molar-refractivity contribution in [1.82, 2.24) is 0 Å². The number of halogens is 1. The number of non-ortho nitro benzene ring substituents is 1. The number of carbonyl (C=O) groups excluding carboxylic acids is 1. The van der Waals surface area contributed by atoms with E-state index in [-0.39, 0.29) is 23.9 Å². The molecule has 8 nitrogen and oxygen atoms in total. The van der Waals surface area contributed by atoms with E-state index in [1.54, 1.807) is 30.3 Å². The molecule has 0 unspecified atom stereocenters. The summed E-state index contributed by atoms with van der Waals surface area (Å²) in [7, 11) is 0. The van der Waals surface area contributed by atoms with Gasteiger partial charge in [-0.2, -0.15) is 0 Å². The summed E-state index contributed by atoms with van der Waals surface area (Å²) in [6.07, 6.45) is 1.62. The standard InChI is InChI=1S/C29H21BrN2O6/c1-2-36-26-15-19(13-24(30)27(26)37-17-18-6-5-9-23(12-18)32(34)35)14-25-29(33)38-28(31-25)22-11-10-20-7-3-4-8-21(20)16-22/h3-16H,2,17H2,1H3/b25-14-. The first kappa shape index (κ1) is 25.2. The molecule has 0 N–H and O–H groups in total. The highest BCUT2D eigenvalue weighted by Gasteiger charge is 2.25. The van der Waals surface area contributed by atoms with Crippen molar-refractivity contribution in [2.75, 3.05) is 6.61 Å². The smallest absolute Gasteiger partial charge is 0.363 e. The summed E-state index contributed by atoms with van der Waals surface area (Å²) < 4.78 is 17.8. The summed E-state index contributed by atoms with van der Waals surface area (Å²) in [6, 6.07) is 23.4. The van der Waals surface area contributed by atoms with Gasteiger partial charge in [0.05, 0.1) is 16.0 Å². The fraction of sp³-hybridized carbons (Fsp3) is 0.103. The summed E-state index contributed by atoms with van der Waals surface area (Å²) in [5.74, 6) is 0.584. The van der Waals surface area contributed by atoms with Gasteiger partial charge in [0.25, 0.3) is 5.69 Å². The minimum atomic E-state index is -0.548. The minimum Gasteiger partial charge on any atom is -0.490 e. The molecule has 0 atom stereocenters. The van der Waals surface area contributed by atoms with Crippen molar-refractivity contribution in [2.45, 2.75) is 13.5 Å². The Hall–Kier alpha value is -4.50. The number of benzene rings is 4. The van der Waals surface area contributed by atoms with E-state index in [1.807, 2.05) is 49.4 Å². The van der Waals surface area contributed by atoms with Crippen LogP contribution in [0.25, 0.3) is 16.8 Å². The van der Waals surface area contributed by atoms with E-state index in [1.165, 1.54) is 12.1 Å². The van der Waals surface area contributed by atoms with Gasteiger partial charge in [-0.15, -0.1) is 0 Å². The van der Waals surface area contributed by atoms with Crippen LogP contribution in [0.15, 0.2) is 94.0 Å². The number of aliphatic imine (C=N–C) groups is 1. The highest BCUT2D eigenvalue weighted by atomic mass is 79.9. The Morgan fingerprint density at radius 3 is 2.61 bits per heavy atom. The van der Waals surface area contributed by atoms with E-state index in [2.05, 4.69) is 20.9 Å². The number of nitro groups is 1. The Morgan fingerprint density at radius 1 is 1.00 bits per heavy atom. The molecule has 1 aliphatic heterocycles. The second kappa shape index (κ2) is 10.9. The molecule has 0 saturated heterocycles. The third-order valence-corrected chi connectivity index (χ3v) is 6.35. The summed E-state index contributed by atoms with van der Waals surface area (Å²) in [6.45, 7) is 2.33. The molecule has 0 fully saturated rings.